The fraction of sp³-hybridized carbons (Fsp3) is 0.571. The molecule has 2 atom stereocenters. The molecule has 1 saturated carbocycles. The topological polar surface area (TPSA) is 12.0 Å². The van der Waals surface area contributed by atoms with Gasteiger partial charge in [0.2, 0.25) is 0 Å². The maximum absolute atomic E-state index is 6.40. The molecule has 0 heterocycles. The van der Waals surface area contributed by atoms with E-state index >= 15 is 0 Å². The zero-order chi connectivity index (χ0) is 13.0. The summed E-state index contributed by atoms with van der Waals surface area (Å²) < 4.78 is 0. The molecular weight excluding hydrogens is 289 g/mol. The highest BCUT2D eigenvalue weighted by molar-refractivity contribution is 6.42. The summed E-state index contributed by atoms with van der Waals surface area (Å²) in [7, 11) is 0. The van der Waals surface area contributed by atoms with Crippen LogP contribution in [-0.2, 0) is 6.54 Å². The highest BCUT2D eigenvalue weighted by Crippen LogP contribution is 2.27. The van der Waals surface area contributed by atoms with Gasteiger partial charge in [-0.3, -0.25) is 0 Å². The molecule has 0 radical (unpaired) electrons. The van der Waals surface area contributed by atoms with Crippen LogP contribution in [0, 0.1) is 0 Å². The van der Waals surface area contributed by atoms with Gasteiger partial charge in [0.15, 0.2) is 0 Å². The van der Waals surface area contributed by atoms with Gasteiger partial charge in [0.25, 0.3) is 0 Å². The molecule has 0 aromatic heterocycles. The maximum Gasteiger partial charge on any atom is 0.0637 e. The SMILES string of the molecule is Clc1cccc(CNC2CCCCCC2Cl)c1Cl. The number of nitrogens with one attached hydrogen (secondary N) is 1. The van der Waals surface area contributed by atoms with Crippen molar-refractivity contribution in [2.45, 2.75) is 50.1 Å². The molecule has 1 aliphatic carbocycles. The monoisotopic (exact) mass is 305 g/mol. The Kier molecular flexibility index (Phi) is 5.62. The molecule has 0 spiro atoms. The minimum absolute atomic E-state index is 0.227. The molecule has 1 aromatic carbocycles. The number of alkyl halides is 1. The molecular formula is C14H18Cl3N. The zero-order valence-electron chi connectivity index (χ0n) is 10.3. The lowest BCUT2D eigenvalue weighted by atomic mass is 10.1. The summed E-state index contributed by atoms with van der Waals surface area (Å²) in [5, 5.41) is 5.00. The fourth-order valence-corrected chi connectivity index (χ4v) is 3.17. The number of halogens is 3. The first kappa shape index (κ1) is 14.5. The van der Waals surface area contributed by atoms with Crippen molar-refractivity contribution in [3.8, 4) is 0 Å². The van der Waals surface area contributed by atoms with Gasteiger partial charge in [-0.25, -0.2) is 0 Å². The predicted octanol–water partition coefficient (Wildman–Crippen LogP) is 5.02. The predicted molar refractivity (Wildman–Crippen MR) is 79.8 cm³/mol. The third-order valence-electron chi connectivity index (χ3n) is 3.52. The average molecular weight is 307 g/mol. The van der Waals surface area contributed by atoms with Crippen LogP contribution in [0.3, 0.4) is 0 Å². The molecule has 0 bridgehead atoms. The van der Waals surface area contributed by atoms with E-state index in [9.17, 15) is 0 Å². The number of hydrogen-bond donors (Lipinski definition) is 1. The molecule has 4 heteroatoms. The Morgan fingerprint density at radius 2 is 1.89 bits per heavy atom. The highest BCUT2D eigenvalue weighted by Gasteiger charge is 2.21. The second kappa shape index (κ2) is 7.00. The summed E-state index contributed by atoms with van der Waals surface area (Å²) in [4.78, 5) is 0. The lowest BCUT2D eigenvalue weighted by Gasteiger charge is -2.21. The molecule has 1 aliphatic rings. The second-order valence-electron chi connectivity index (χ2n) is 4.85. The van der Waals surface area contributed by atoms with E-state index in [1.165, 1.54) is 19.3 Å². The van der Waals surface area contributed by atoms with Crippen LogP contribution in [0.4, 0.5) is 0 Å². The van der Waals surface area contributed by atoms with Crippen molar-refractivity contribution in [1.82, 2.24) is 5.32 Å². The lowest BCUT2D eigenvalue weighted by molar-refractivity contribution is 0.465. The average Bonchev–Trinajstić information content (AvgIpc) is 2.56. The Morgan fingerprint density at radius 1 is 1.11 bits per heavy atom. The smallest absolute Gasteiger partial charge is 0.0637 e. The Hall–Kier alpha value is 0.0500. The summed E-state index contributed by atoms with van der Waals surface area (Å²) in [6, 6.07) is 6.12. The van der Waals surface area contributed by atoms with Gasteiger partial charge in [0, 0.05) is 18.0 Å². The number of hydrogen-bond acceptors (Lipinski definition) is 1. The van der Waals surface area contributed by atoms with Gasteiger partial charge in [-0.2, -0.15) is 0 Å². The van der Waals surface area contributed by atoms with Crippen LogP contribution in [0.1, 0.15) is 37.7 Å². The van der Waals surface area contributed by atoms with E-state index in [4.69, 9.17) is 34.8 Å². The molecule has 2 unspecified atom stereocenters. The molecule has 0 saturated heterocycles. The van der Waals surface area contributed by atoms with Crippen LogP contribution >= 0.6 is 34.8 Å². The van der Waals surface area contributed by atoms with E-state index in [-0.39, 0.29) is 5.38 Å². The fourth-order valence-electron chi connectivity index (χ4n) is 2.42. The maximum atomic E-state index is 6.40. The van der Waals surface area contributed by atoms with Gasteiger partial charge in [0.1, 0.15) is 0 Å². The standard InChI is InChI=1S/C14H18Cl3N/c15-11-6-2-1-3-8-13(11)18-9-10-5-4-7-12(16)14(10)17/h4-5,7,11,13,18H,1-3,6,8-9H2. The first-order valence-corrected chi connectivity index (χ1v) is 7.68. The van der Waals surface area contributed by atoms with Gasteiger partial charge < -0.3 is 5.32 Å². The first-order valence-electron chi connectivity index (χ1n) is 6.49. The van der Waals surface area contributed by atoms with Crippen LogP contribution < -0.4 is 5.32 Å². The first-order chi connectivity index (χ1) is 8.68. The number of benzene rings is 1. The molecule has 1 nitrogen and oxygen atoms in total. The molecule has 100 valence electrons. The largest absolute Gasteiger partial charge is 0.308 e. The van der Waals surface area contributed by atoms with E-state index < -0.39 is 0 Å². The van der Waals surface area contributed by atoms with Gasteiger partial charge in [-0.05, 0) is 24.5 Å². The Labute approximate surface area is 124 Å². The van der Waals surface area contributed by atoms with Gasteiger partial charge >= 0.3 is 0 Å². The molecule has 1 aromatic rings. The molecule has 0 aliphatic heterocycles. The number of rotatable bonds is 3. The van der Waals surface area contributed by atoms with Crippen LogP contribution in [0.5, 0.6) is 0 Å². The molecule has 2 rings (SSSR count). The van der Waals surface area contributed by atoms with E-state index in [1.807, 2.05) is 18.2 Å². The van der Waals surface area contributed by atoms with Crippen molar-refractivity contribution in [2.75, 3.05) is 0 Å². The Morgan fingerprint density at radius 3 is 2.72 bits per heavy atom. The van der Waals surface area contributed by atoms with Crippen molar-refractivity contribution in [1.29, 1.82) is 0 Å². The van der Waals surface area contributed by atoms with Crippen molar-refractivity contribution < 1.29 is 0 Å². The quantitative estimate of drug-likeness (QED) is 0.610. The van der Waals surface area contributed by atoms with Crippen LogP contribution in [0.15, 0.2) is 18.2 Å². The third kappa shape index (κ3) is 3.77. The van der Waals surface area contributed by atoms with Gasteiger partial charge in [-0.1, -0.05) is 54.6 Å². The summed E-state index contributed by atoms with van der Waals surface area (Å²) >= 11 is 18.6. The summed E-state index contributed by atoms with van der Waals surface area (Å²) in [5.74, 6) is 0. The van der Waals surface area contributed by atoms with Crippen LogP contribution in [0.25, 0.3) is 0 Å². The Bertz CT molecular complexity index is 395. The van der Waals surface area contributed by atoms with Gasteiger partial charge in [0.05, 0.1) is 10.0 Å². The highest BCUT2D eigenvalue weighted by atomic mass is 35.5. The molecule has 0 amide bonds. The Balaban J connectivity index is 1.95. The van der Waals surface area contributed by atoms with Crippen molar-refractivity contribution in [3.63, 3.8) is 0 Å². The normalized spacial score (nSPS) is 24.8. The minimum atomic E-state index is 0.227. The molecule has 1 fully saturated rings. The third-order valence-corrected chi connectivity index (χ3v) is 4.90. The van der Waals surface area contributed by atoms with E-state index in [0.29, 0.717) is 16.1 Å². The summed E-state index contributed by atoms with van der Waals surface area (Å²) in [6.07, 6.45) is 6.03. The zero-order valence-corrected chi connectivity index (χ0v) is 12.5. The summed E-state index contributed by atoms with van der Waals surface area (Å²) in [6.45, 7) is 0.729. The van der Waals surface area contributed by atoms with E-state index in [0.717, 1.165) is 24.9 Å². The van der Waals surface area contributed by atoms with Crippen molar-refractivity contribution >= 4 is 34.8 Å². The van der Waals surface area contributed by atoms with Crippen molar-refractivity contribution in [2.24, 2.45) is 0 Å². The lowest BCUT2D eigenvalue weighted by Crippen LogP contribution is -2.35. The van der Waals surface area contributed by atoms with E-state index in [1.54, 1.807) is 0 Å². The molecule has 1 N–H and O–H groups in total. The van der Waals surface area contributed by atoms with Crippen molar-refractivity contribution in [3.05, 3.63) is 33.8 Å². The minimum Gasteiger partial charge on any atom is -0.308 e. The van der Waals surface area contributed by atoms with Crippen LogP contribution in [0.2, 0.25) is 10.0 Å². The molecule has 18 heavy (non-hydrogen) atoms. The summed E-state index contributed by atoms with van der Waals surface area (Å²) in [5.41, 5.74) is 1.04. The van der Waals surface area contributed by atoms with Gasteiger partial charge in [-0.15, -0.1) is 11.6 Å². The van der Waals surface area contributed by atoms with Crippen LogP contribution in [-0.4, -0.2) is 11.4 Å². The van der Waals surface area contributed by atoms with E-state index in [2.05, 4.69) is 5.32 Å². The second-order valence-corrected chi connectivity index (χ2v) is 6.20.